The maximum absolute atomic E-state index is 11.2. The highest BCUT2D eigenvalue weighted by molar-refractivity contribution is 7.89. The van der Waals surface area contributed by atoms with E-state index in [1.54, 1.807) is 6.92 Å². The first kappa shape index (κ1) is 11.5. The van der Waals surface area contributed by atoms with Gasteiger partial charge >= 0.3 is 0 Å². The van der Waals surface area contributed by atoms with Crippen molar-refractivity contribution in [2.45, 2.75) is 26.8 Å². The lowest BCUT2D eigenvalue weighted by molar-refractivity contribution is 0.564. The maximum atomic E-state index is 11.2. The third-order valence-corrected chi connectivity index (χ3v) is 2.98. The normalized spacial score (nSPS) is 14.2. The molecule has 1 atom stereocenters. The minimum absolute atomic E-state index is 0.118. The summed E-state index contributed by atoms with van der Waals surface area (Å²) in [6.45, 7) is 5.33. The van der Waals surface area contributed by atoms with Crippen molar-refractivity contribution in [3.63, 3.8) is 0 Å². The van der Waals surface area contributed by atoms with Gasteiger partial charge in [-0.25, -0.2) is 13.1 Å². The molecule has 0 heterocycles. The molecule has 0 aliphatic carbocycles. The Morgan fingerprint density at radius 3 is 2.25 bits per heavy atom. The van der Waals surface area contributed by atoms with Gasteiger partial charge in [0, 0.05) is 0 Å². The topological polar surface area (TPSA) is 46.2 Å². The third-order valence-electron chi connectivity index (χ3n) is 1.16. The van der Waals surface area contributed by atoms with Crippen LogP contribution < -0.4 is 4.72 Å². The maximum Gasteiger partial charge on any atom is 0.212 e. The third kappa shape index (κ3) is 5.16. The molecule has 0 radical (unpaired) electrons. The molecule has 0 aliphatic rings. The lowest BCUT2D eigenvalue weighted by atomic mass is 10.3. The van der Waals surface area contributed by atoms with Gasteiger partial charge in [-0.3, -0.25) is 0 Å². The second kappa shape index (κ2) is 4.48. The Morgan fingerprint density at radius 2 is 1.92 bits per heavy atom. The number of nitrogens with one attached hydrogen (secondary N) is 1. The smallest absolute Gasteiger partial charge is 0.212 e. The molecule has 0 rings (SSSR count). The van der Waals surface area contributed by atoms with Crippen LogP contribution in [-0.4, -0.2) is 20.2 Å². The molecule has 1 N–H and O–H groups in total. The van der Waals surface area contributed by atoms with Gasteiger partial charge in [-0.15, -0.1) is 6.42 Å². The van der Waals surface area contributed by atoms with Crippen molar-refractivity contribution in [3.05, 3.63) is 0 Å². The van der Waals surface area contributed by atoms with Gasteiger partial charge in [0.2, 0.25) is 10.0 Å². The number of rotatable bonds is 4. The van der Waals surface area contributed by atoms with Crippen molar-refractivity contribution in [2.24, 2.45) is 5.92 Å². The predicted octanol–water partition coefficient (Wildman–Crippen LogP) is 0.583. The molecule has 12 heavy (non-hydrogen) atoms. The zero-order chi connectivity index (χ0) is 9.78. The van der Waals surface area contributed by atoms with Crippen LogP contribution in [0.1, 0.15) is 20.8 Å². The van der Waals surface area contributed by atoms with E-state index in [-0.39, 0.29) is 11.7 Å². The van der Waals surface area contributed by atoms with Crippen molar-refractivity contribution >= 4 is 10.0 Å². The molecule has 0 spiro atoms. The average molecular weight is 189 g/mol. The van der Waals surface area contributed by atoms with Gasteiger partial charge in [0.15, 0.2) is 0 Å². The zero-order valence-corrected chi connectivity index (χ0v) is 8.48. The highest BCUT2D eigenvalue weighted by atomic mass is 32.2. The van der Waals surface area contributed by atoms with Crippen LogP contribution in [0.4, 0.5) is 0 Å². The SMILES string of the molecule is C#CC(C)NS(=O)(=O)CC(C)C. The molecule has 0 saturated carbocycles. The molecule has 0 aromatic rings. The average Bonchev–Trinajstić information content (AvgIpc) is 1.83. The number of hydrogen-bond donors (Lipinski definition) is 1. The molecule has 1 unspecified atom stereocenters. The molecule has 4 heteroatoms. The van der Waals surface area contributed by atoms with E-state index in [0.717, 1.165) is 0 Å². The van der Waals surface area contributed by atoms with E-state index in [0.29, 0.717) is 0 Å². The summed E-state index contributed by atoms with van der Waals surface area (Å²) in [6.07, 6.45) is 5.03. The molecule has 70 valence electrons. The first-order valence-corrected chi connectivity index (χ1v) is 5.48. The van der Waals surface area contributed by atoms with Crippen molar-refractivity contribution in [1.82, 2.24) is 4.72 Å². The molecular formula is C8H15NO2S. The molecule has 0 bridgehead atoms. The summed E-state index contributed by atoms with van der Waals surface area (Å²) < 4.78 is 24.8. The van der Waals surface area contributed by atoms with Crippen LogP contribution in [0.2, 0.25) is 0 Å². The van der Waals surface area contributed by atoms with Gasteiger partial charge in [-0.1, -0.05) is 19.8 Å². The Morgan fingerprint density at radius 1 is 1.42 bits per heavy atom. The quantitative estimate of drug-likeness (QED) is 0.658. The van der Waals surface area contributed by atoms with Crippen molar-refractivity contribution in [3.8, 4) is 12.3 Å². The summed E-state index contributed by atoms with van der Waals surface area (Å²) in [5.41, 5.74) is 0. The lowest BCUT2D eigenvalue weighted by Gasteiger charge is -2.10. The Balaban J connectivity index is 4.17. The van der Waals surface area contributed by atoms with Gasteiger partial charge in [-0.05, 0) is 12.8 Å². The molecule has 0 fully saturated rings. The molecule has 0 aliphatic heterocycles. The highest BCUT2D eigenvalue weighted by Gasteiger charge is 2.14. The fourth-order valence-corrected chi connectivity index (χ4v) is 2.37. The lowest BCUT2D eigenvalue weighted by Crippen LogP contribution is -2.34. The van der Waals surface area contributed by atoms with E-state index in [1.807, 2.05) is 13.8 Å². The molecule has 0 amide bonds. The summed E-state index contributed by atoms with van der Waals surface area (Å²) in [6, 6.07) is -0.422. The van der Waals surface area contributed by atoms with E-state index in [1.165, 1.54) is 0 Å². The van der Waals surface area contributed by atoms with Gasteiger partial charge in [0.1, 0.15) is 0 Å². The van der Waals surface area contributed by atoms with Crippen LogP contribution in [0.5, 0.6) is 0 Å². The summed E-state index contributed by atoms with van der Waals surface area (Å²) in [7, 11) is -3.18. The van der Waals surface area contributed by atoms with Crippen LogP contribution in [-0.2, 0) is 10.0 Å². The van der Waals surface area contributed by atoms with Crippen molar-refractivity contribution in [1.29, 1.82) is 0 Å². The first-order valence-electron chi connectivity index (χ1n) is 3.83. The molecule has 0 aromatic carbocycles. The van der Waals surface area contributed by atoms with Crippen LogP contribution in [0, 0.1) is 18.3 Å². The summed E-state index contributed by atoms with van der Waals surface area (Å²) in [5, 5.41) is 0. The minimum Gasteiger partial charge on any atom is -0.212 e. The molecule has 3 nitrogen and oxygen atoms in total. The van der Waals surface area contributed by atoms with Gasteiger partial charge in [0.25, 0.3) is 0 Å². The second-order valence-corrected chi connectivity index (χ2v) is 4.98. The van der Waals surface area contributed by atoms with Crippen LogP contribution in [0.3, 0.4) is 0 Å². The fraction of sp³-hybridized carbons (Fsp3) is 0.750. The fourth-order valence-electron chi connectivity index (χ4n) is 0.790. The number of hydrogen-bond acceptors (Lipinski definition) is 2. The molecule has 0 aromatic heterocycles. The Hall–Kier alpha value is -0.530. The predicted molar refractivity (Wildman–Crippen MR) is 50.1 cm³/mol. The Labute approximate surface area is 74.6 Å². The zero-order valence-electron chi connectivity index (χ0n) is 7.66. The van der Waals surface area contributed by atoms with Crippen molar-refractivity contribution < 1.29 is 8.42 Å². The van der Waals surface area contributed by atoms with Gasteiger partial charge in [0.05, 0.1) is 11.8 Å². The van der Waals surface area contributed by atoms with Crippen molar-refractivity contribution in [2.75, 3.05) is 5.75 Å². The summed E-state index contributed by atoms with van der Waals surface area (Å²) >= 11 is 0. The van der Waals surface area contributed by atoms with Crippen LogP contribution in [0.25, 0.3) is 0 Å². The molecule has 0 saturated heterocycles. The van der Waals surface area contributed by atoms with Gasteiger partial charge in [-0.2, -0.15) is 0 Å². The highest BCUT2D eigenvalue weighted by Crippen LogP contribution is 1.98. The van der Waals surface area contributed by atoms with Crippen LogP contribution >= 0.6 is 0 Å². The first-order chi connectivity index (χ1) is 5.37. The van der Waals surface area contributed by atoms with E-state index in [2.05, 4.69) is 10.6 Å². The second-order valence-electron chi connectivity index (χ2n) is 3.18. The standard InChI is InChI=1S/C8H15NO2S/c1-5-8(4)9-12(10,11)6-7(2)3/h1,7-9H,6H2,2-4H3. The molecular weight excluding hydrogens is 174 g/mol. The summed E-state index contributed by atoms with van der Waals surface area (Å²) in [4.78, 5) is 0. The van der Waals surface area contributed by atoms with E-state index < -0.39 is 16.1 Å². The van der Waals surface area contributed by atoms with E-state index >= 15 is 0 Å². The van der Waals surface area contributed by atoms with E-state index in [4.69, 9.17) is 6.42 Å². The van der Waals surface area contributed by atoms with Crippen LogP contribution in [0.15, 0.2) is 0 Å². The number of sulfonamides is 1. The Bertz CT molecular complexity index is 261. The summed E-state index contributed by atoms with van der Waals surface area (Å²) in [5.74, 6) is 2.55. The van der Waals surface area contributed by atoms with Gasteiger partial charge < -0.3 is 0 Å². The number of terminal acetylenes is 1. The van der Waals surface area contributed by atoms with E-state index in [9.17, 15) is 8.42 Å². The monoisotopic (exact) mass is 189 g/mol. The minimum atomic E-state index is -3.18. The largest absolute Gasteiger partial charge is 0.212 e. The Kier molecular flexibility index (Phi) is 4.29.